The fraction of sp³-hybridized carbons (Fsp3) is 0.538. The lowest BCUT2D eigenvalue weighted by molar-refractivity contribution is -0.0521. The molecule has 2 rings (SSSR count). The van der Waals surface area contributed by atoms with E-state index < -0.39 is 18.2 Å². The highest BCUT2D eigenvalue weighted by molar-refractivity contribution is 5.48. The van der Waals surface area contributed by atoms with Crippen molar-refractivity contribution in [2.24, 2.45) is 0 Å². The van der Waals surface area contributed by atoms with Gasteiger partial charge in [0.05, 0.1) is 6.10 Å². The summed E-state index contributed by atoms with van der Waals surface area (Å²) >= 11 is 0. The molecule has 0 aliphatic heterocycles. The van der Waals surface area contributed by atoms with Gasteiger partial charge < -0.3 is 15.2 Å². The van der Waals surface area contributed by atoms with E-state index in [1.807, 2.05) is 0 Å². The number of nitrogens with one attached hydrogen (secondary N) is 1. The van der Waals surface area contributed by atoms with Gasteiger partial charge in [0.25, 0.3) is 0 Å². The molecule has 1 aromatic rings. The first-order valence-corrected chi connectivity index (χ1v) is 6.23. The van der Waals surface area contributed by atoms with Gasteiger partial charge in [-0.25, -0.2) is 4.39 Å². The molecule has 2 N–H and O–H groups in total. The number of hydrogen-bond donors (Lipinski definition) is 2. The van der Waals surface area contributed by atoms with Crippen molar-refractivity contribution in [1.29, 1.82) is 0 Å². The number of aliphatic hydroxyl groups is 1. The largest absolute Gasteiger partial charge is 0.432 e. The van der Waals surface area contributed by atoms with Crippen molar-refractivity contribution in [3.05, 3.63) is 24.0 Å². The van der Waals surface area contributed by atoms with Gasteiger partial charge in [0.15, 0.2) is 11.6 Å². The summed E-state index contributed by atoms with van der Waals surface area (Å²) in [5.41, 5.74) is 0.528. The van der Waals surface area contributed by atoms with Crippen molar-refractivity contribution in [2.45, 2.75) is 44.4 Å². The molecular weight excluding hydrogens is 259 g/mol. The minimum Gasteiger partial charge on any atom is -0.432 e. The molecule has 19 heavy (non-hydrogen) atoms. The zero-order valence-corrected chi connectivity index (χ0v) is 10.3. The van der Waals surface area contributed by atoms with Crippen molar-refractivity contribution < 1.29 is 23.0 Å². The molecule has 1 aliphatic rings. The molecule has 1 saturated carbocycles. The molecule has 0 saturated heterocycles. The Morgan fingerprint density at radius 3 is 2.47 bits per heavy atom. The molecule has 0 atom stereocenters. The second-order valence-electron chi connectivity index (χ2n) is 4.67. The molecule has 0 bridgehead atoms. The fourth-order valence-corrected chi connectivity index (χ4v) is 2.24. The second-order valence-corrected chi connectivity index (χ2v) is 4.67. The zero-order chi connectivity index (χ0) is 13.8. The van der Waals surface area contributed by atoms with Gasteiger partial charge in [0.1, 0.15) is 0 Å². The first kappa shape index (κ1) is 14.0. The predicted molar refractivity (Wildman–Crippen MR) is 64.9 cm³/mol. The lowest BCUT2D eigenvalue weighted by Crippen LogP contribution is -2.28. The van der Waals surface area contributed by atoms with Crippen LogP contribution in [-0.2, 0) is 0 Å². The Balaban J connectivity index is 1.96. The zero-order valence-electron chi connectivity index (χ0n) is 10.3. The number of rotatable bonds is 4. The number of anilines is 1. The Kier molecular flexibility index (Phi) is 4.52. The van der Waals surface area contributed by atoms with Crippen molar-refractivity contribution >= 4 is 5.69 Å². The first-order valence-electron chi connectivity index (χ1n) is 6.23. The van der Waals surface area contributed by atoms with E-state index in [0.29, 0.717) is 18.5 Å². The number of aliphatic hydroxyl groups excluding tert-OH is 1. The second kappa shape index (κ2) is 6.14. The van der Waals surface area contributed by atoms with Crippen LogP contribution in [0.2, 0.25) is 0 Å². The van der Waals surface area contributed by atoms with Crippen molar-refractivity contribution in [1.82, 2.24) is 0 Å². The number of hydrogen-bond acceptors (Lipinski definition) is 3. The van der Waals surface area contributed by atoms with Crippen molar-refractivity contribution in [3.63, 3.8) is 0 Å². The number of ether oxygens (including phenoxy) is 1. The maximum atomic E-state index is 13.5. The average Bonchev–Trinajstić information content (AvgIpc) is 2.35. The normalized spacial score (nSPS) is 23.4. The molecule has 6 heteroatoms. The quantitative estimate of drug-likeness (QED) is 0.887. The van der Waals surface area contributed by atoms with E-state index in [-0.39, 0.29) is 12.1 Å². The number of benzene rings is 1. The molecule has 0 unspecified atom stereocenters. The SMILES string of the molecule is OC1CCC(Nc2ccc(OC(F)F)c(F)c2)CC1. The van der Waals surface area contributed by atoms with Gasteiger partial charge in [-0.1, -0.05) is 0 Å². The van der Waals surface area contributed by atoms with Crippen LogP contribution in [0, 0.1) is 5.82 Å². The summed E-state index contributed by atoms with van der Waals surface area (Å²) in [6.45, 7) is -3.03. The standard InChI is InChI=1S/C13H16F3NO2/c14-11-7-9(3-6-12(11)19-13(15)16)17-8-1-4-10(18)5-2-8/h3,6-8,10,13,17-18H,1-2,4-5H2. The molecule has 3 nitrogen and oxygen atoms in total. The lowest BCUT2D eigenvalue weighted by Gasteiger charge is -2.27. The van der Waals surface area contributed by atoms with E-state index in [9.17, 15) is 18.3 Å². The third-order valence-corrected chi connectivity index (χ3v) is 3.22. The van der Waals surface area contributed by atoms with E-state index in [1.54, 1.807) is 0 Å². The molecular formula is C13H16F3NO2. The van der Waals surface area contributed by atoms with Crippen molar-refractivity contribution in [2.75, 3.05) is 5.32 Å². The van der Waals surface area contributed by atoms with E-state index in [2.05, 4.69) is 10.1 Å². The summed E-state index contributed by atoms with van der Waals surface area (Å²) in [5, 5.41) is 12.5. The maximum Gasteiger partial charge on any atom is 0.387 e. The third-order valence-electron chi connectivity index (χ3n) is 3.22. The Hall–Kier alpha value is -1.43. The van der Waals surface area contributed by atoms with Gasteiger partial charge in [-0.3, -0.25) is 0 Å². The molecule has 0 amide bonds. The molecule has 0 aromatic heterocycles. The van der Waals surface area contributed by atoms with E-state index in [1.165, 1.54) is 12.1 Å². The fourth-order valence-electron chi connectivity index (χ4n) is 2.24. The summed E-state index contributed by atoms with van der Waals surface area (Å²) in [6.07, 6.45) is 2.78. The van der Waals surface area contributed by atoms with Gasteiger partial charge in [-0.15, -0.1) is 0 Å². The van der Waals surface area contributed by atoms with Gasteiger partial charge in [-0.2, -0.15) is 8.78 Å². The number of halogens is 3. The van der Waals surface area contributed by atoms with Crippen LogP contribution < -0.4 is 10.1 Å². The Bertz CT molecular complexity index is 420. The van der Waals surface area contributed by atoms with E-state index in [0.717, 1.165) is 18.9 Å². The minimum atomic E-state index is -3.03. The van der Waals surface area contributed by atoms with Crippen LogP contribution in [0.4, 0.5) is 18.9 Å². The topological polar surface area (TPSA) is 41.5 Å². The molecule has 1 fully saturated rings. The molecule has 106 valence electrons. The molecule has 1 aliphatic carbocycles. The first-order chi connectivity index (χ1) is 9.04. The Morgan fingerprint density at radius 1 is 1.21 bits per heavy atom. The Morgan fingerprint density at radius 2 is 1.89 bits per heavy atom. The summed E-state index contributed by atoms with van der Waals surface area (Å²) < 4.78 is 41.5. The minimum absolute atomic E-state index is 0.171. The molecule has 0 radical (unpaired) electrons. The molecule has 0 heterocycles. The van der Waals surface area contributed by atoms with Crippen LogP contribution >= 0.6 is 0 Å². The predicted octanol–water partition coefficient (Wildman–Crippen LogP) is 3.14. The highest BCUT2D eigenvalue weighted by atomic mass is 19.3. The number of alkyl halides is 2. The molecule has 1 aromatic carbocycles. The summed E-state index contributed by atoms with van der Waals surface area (Å²) in [4.78, 5) is 0. The Labute approximate surface area is 109 Å². The van der Waals surface area contributed by atoms with Crippen molar-refractivity contribution in [3.8, 4) is 5.75 Å². The van der Waals surface area contributed by atoms with Gasteiger partial charge in [0, 0.05) is 17.8 Å². The highest BCUT2D eigenvalue weighted by Gasteiger charge is 2.19. The van der Waals surface area contributed by atoms with Crippen LogP contribution in [0.25, 0.3) is 0 Å². The lowest BCUT2D eigenvalue weighted by atomic mass is 9.93. The smallest absolute Gasteiger partial charge is 0.387 e. The van der Waals surface area contributed by atoms with Gasteiger partial charge >= 0.3 is 6.61 Å². The van der Waals surface area contributed by atoms with Crippen LogP contribution in [0.3, 0.4) is 0 Å². The highest BCUT2D eigenvalue weighted by Crippen LogP contribution is 2.26. The monoisotopic (exact) mass is 275 g/mol. The van der Waals surface area contributed by atoms with Gasteiger partial charge in [-0.05, 0) is 37.8 Å². The summed E-state index contributed by atoms with van der Waals surface area (Å²) in [6, 6.07) is 4.00. The van der Waals surface area contributed by atoms with Crippen LogP contribution in [0.5, 0.6) is 5.75 Å². The summed E-state index contributed by atoms with van der Waals surface area (Å²) in [7, 11) is 0. The van der Waals surface area contributed by atoms with E-state index >= 15 is 0 Å². The van der Waals surface area contributed by atoms with E-state index in [4.69, 9.17) is 0 Å². The maximum absolute atomic E-state index is 13.5. The molecule has 0 spiro atoms. The summed E-state index contributed by atoms with van der Waals surface area (Å²) in [5.74, 6) is -1.28. The van der Waals surface area contributed by atoms with Crippen LogP contribution in [-0.4, -0.2) is 23.9 Å². The van der Waals surface area contributed by atoms with Crippen LogP contribution in [0.1, 0.15) is 25.7 Å². The average molecular weight is 275 g/mol. The van der Waals surface area contributed by atoms with Gasteiger partial charge in [0.2, 0.25) is 0 Å². The third kappa shape index (κ3) is 4.02. The van der Waals surface area contributed by atoms with Crippen LogP contribution in [0.15, 0.2) is 18.2 Å².